The Morgan fingerprint density at radius 1 is 1.36 bits per heavy atom. The molecule has 2 N–H and O–H groups in total. The van der Waals surface area contributed by atoms with E-state index in [1.807, 2.05) is 0 Å². The molecule has 8 heteroatoms. The van der Waals surface area contributed by atoms with Gasteiger partial charge >= 0.3 is 6.03 Å². The van der Waals surface area contributed by atoms with Crippen LogP contribution in [0.15, 0.2) is 18.2 Å². The number of benzene rings is 1. The van der Waals surface area contributed by atoms with Gasteiger partial charge in [-0.05, 0) is 48.8 Å². The zero-order valence-corrected chi connectivity index (χ0v) is 17.4. The van der Waals surface area contributed by atoms with Crippen molar-refractivity contribution in [1.29, 1.82) is 0 Å². The average molecular weight is 408 g/mol. The van der Waals surface area contributed by atoms with Crippen molar-refractivity contribution in [2.75, 3.05) is 19.0 Å². The molecule has 1 saturated carbocycles. The number of hydrogen-bond acceptors (Lipinski definition) is 4. The maximum absolute atomic E-state index is 13.1. The highest BCUT2D eigenvalue weighted by atomic mass is 35.5. The summed E-state index contributed by atoms with van der Waals surface area (Å²) in [5.41, 5.74) is -0.509. The van der Waals surface area contributed by atoms with E-state index in [0.717, 1.165) is 11.3 Å². The van der Waals surface area contributed by atoms with E-state index in [9.17, 15) is 14.4 Å². The minimum atomic E-state index is -0.915. The Morgan fingerprint density at radius 3 is 2.68 bits per heavy atom. The van der Waals surface area contributed by atoms with Gasteiger partial charge in [0.1, 0.15) is 17.8 Å². The third-order valence-electron chi connectivity index (χ3n) is 5.36. The van der Waals surface area contributed by atoms with E-state index in [4.69, 9.17) is 16.3 Å². The normalized spacial score (nSPS) is 26.3. The molecule has 1 heterocycles. The summed E-state index contributed by atoms with van der Waals surface area (Å²) in [7, 11) is 1.50. The molecule has 1 spiro atoms. The molecule has 1 aliphatic carbocycles. The van der Waals surface area contributed by atoms with Gasteiger partial charge in [-0.1, -0.05) is 32.4 Å². The maximum Gasteiger partial charge on any atom is 0.325 e. The Hall–Kier alpha value is -2.28. The third kappa shape index (κ3) is 3.94. The summed E-state index contributed by atoms with van der Waals surface area (Å²) in [6, 6.07) is 4.31. The second-order valence-corrected chi connectivity index (χ2v) is 9.06. The molecule has 2 aliphatic rings. The Balaban J connectivity index is 1.70. The van der Waals surface area contributed by atoms with E-state index in [0.29, 0.717) is 35.2 Å². The van der Waals surface area contributed by atoms with Crippen molar-refractivity contribution >= 4 is 35.1 Å². The van der Waals surface area contributed by atoms with Gasteiger partial charge < -0.3 is 15.4 Å². The number of imide groups is 1. The number of halogens is 1. The van der Waals surface area contributed by atoms with E-state index in [2.05, 4.69) is 31.4 Å². The minimum absolute atomic E-state index is 0.0568. The zero-order valence-electron chi connectivity index (χ0n) is 16.6. The van der Waals surface area contributed by atoms with Crippen LogP contribution in [-0.2, 0) is 9.59 Å². The lowest BCUT2D eigenvalue weighted by molar-refractivity contribution is -0.136. The highest BCUT2D eigenvalue weighted by molar-refractivity contribution is 6.32. The number of nitrogens with one attached hydrogen (secondary N) is 2. The van der Waals surface area contributed by atoms with Crippen LogP contribution in [0.1, 0.15) is 40.0 Å². The van der Waals surface area contributed by atoms with Crippen LogP contribution in [0, 0.1) is 11.3 Å². The van der Waals surface area contributed by atoms with E-state index in [1.165, 1.54) is 7.11 Å². The minimum Gasteiger partial charge on any atom is -0.495 e. The summed E-state index contributed by atoms with van der Waals surface area (Å²) in [4.78, 5) is 39.0. The highest BCUT2D eigenvalue weighted by Gasteiger charge is 2.56. The summed E-state index contributed by atoms with van der Waals surface area (Å²) in [5.74, 6) is 0.0119. The van der Waals surface area contributed by atoms with Crippen LogP contribution in [0.2, 0.25) is 5.02 Å². The molecule has 0 bridgehead atoms. The lowest BCUT2D eigenvalue weighted by Crippen LogP contribution is -2.54. The molecule has 2 fully saturated rings. The van der Waals surface area contributed by atoms with Crippen LogP contribution in [0.5, 0.6) is 5.75 Å². The summed E-state index contributed by atoms with van der Waals surface area (Å²) in [6.45, 7) is 5.95. The predicted octanol–water partition coefficient (Wildman–Crippen LogP) is 3.42. The molecule has 1 saturated heterocycles. The second kappa shape index (κ2) is 7.28. The van der Waals surface area contributed by atoms with Gasteiger partial charge in [0.05, 0.1) is 12.1 Å². The molecular weight excluding hydrogens is 382 g/mol. The number of urea groups is 1. The quantitative estimate of drug-likeness (QED) is 0.748. The third-order valence-corrected chi connectivity index (χ3v) is 5.66. The molecule has 0 radical (unpaired) electrons. The number of carbonyl (C=O) groups excluding carboxylic acids is 3. The maximum atomic E-state index is 13.1. The van der Waals surface area contributed by atoms with Crippen molar-refractivity contribution < 1.29 is 19.1 Å². The lowest BCUT2D eigenvalue weighted by Gasteiger charge is -2.43. The topological polar surface area (TPSA) is 87.7 Å². The van der Waals surface area contributed by atoms with Crippen molar-refractivity contribution in [3.05, 3.63) is 23.2 Å². The van der Waals surface area contributed by atoms with Gasteiger partial charge in [-0.3, -0.25) is 14.5 Å². The molecule has 3 rings (SSSR count). The molecule has 28 heavy (non-hydrogen) atoms. The Bertz CT molecular complexity index is 826. The van der Waals surface area contributed by atoms with Crippen LogP contribution < -0.4 is 15.4 Å². The largest absolute Gasteiger partial charge is 0.495 e. The summed E-state index contributed by atoms with van der Waals surface area (Å²) < 4.78 is 5.08. The van der Waals surface area contributed by atoms with Gasteiger partial charge in [0.25, 0.3) is 5.91 Å². The van der Waals surface area contributed by atoms with E-state index in [1.54, 1.807) is 18.2 Å². The standard InChI is InChI=1S/C20H26ClN3O4/c1-12-8-19(2,3)11-20(9-12)17(26)24(18(27)23-20)10-16(25)22-13-5-6-15(28-4)14(21)7-13/h5-7,12H,8-11H2,1-4H3,(H,22,25)(H,23,27)/t12-,20-/m1/s1. The van der Waals surface area contributed by atoms with E-state index in [-0.39, 0.29) is 17.9 Å². The first-order valence-corrected chi connectivity index (χ1v) is 9.70. The summed E-state index contributed by atoms with van der Waals surface area (Å²) in [5, 5.41) is 5.89. The van der Waals surface area contributed by atoms with E-state index >= 15 is 0 Å². The molecular formula is C20H26ClN3O4. The highest BCUT2D eigenvalue weighted by Crippen LogP contribution is 2.46. The SMILES string of the molecule is COc1ccc(NC(=O)CN2C(=O)N[C@@]3(C[C@H](C)CC(C)(C)C3)C2=O)cc1Cl. The average Bonchev–Trinajstić information content (AvgIpc) is 2.76. The van der Waals surface area contributed by atoms with Crippen LogP contribution >= 0.6 is 11.6 Å². The fraction of sp³-hybridized carbons (Fsp3) is 0.550. The lowest BCUT2D eigenvalue weighted by atomic mass is 9.64. The van der Waals surface area contributed by atoms with Crippen molar-refractivity contribution in [2.45, 2.75) is 45.6 Å². The number of nitrogens with zero attached hydrogens (tertiary/aromatic N) is 1. The number of anilines is 1. The van der Waals surface area contributed by atoms with Crippen LogP contribution in [0.25, 0.3) is 0 Å². The van der Waals surface area contributed by atoms with Crippen molar-refractivity contribution in [3.8, 4) is 5.75 Å². The Kier molecular flexibility index (Phi) is 5.32. The fourth-order valence-corrected chi connectivity index (χ4v) is 5.00. The molecule has 152 valence electrons. The van der Waals surface area contributed by atoms with Crippen molar-refractivity contribution in [3.63, 3.8) is 0 Å². The van der Waals surface area contributed by atoms with Gasteiger partial charge in [-0.25, -0.2) is 4.79 Å². The van der Waals surface area contributed by atoms with Crippen LogP contribution in [0.4, 0.5) is 10.5 Å². The second-order valence-electron chi connectivity index (χ2n) is 8.66. The summed E-state index contributed by atoms with van der Waals surface area (Å²) >= 11 is 6.06. The van der Waals surface area contributed by atoms with Gasteiger partial charge in [0.15, 0.2) is 0 Å². The molecule has 1 aliphatic heterocycles. The first-order chi connectivity index (χ1) is 13.0. The molecule has 0 unspecified atom stereocenters. The number of methoxy groups -OCH3 is 1. The van der Waals surface area contributed by atoms with Crippen molar-refractivity contribution in [1.82, 2.24) is 10.2 Å². The van der Waals surface area contributed by atoms with Gasteiger partial charge in [-0.15, -0.1) is 0 Å². The number of rotatable bonds is 4. The Morgan fingerprint density at radius 2 is 2.07 bits per heavy atom. The van der Waals surface area contributed by atoms with Gasteiger partial charge in [0, 0.05) is 5.69 Å². The number of amides is 4. The van der Waals surface area contributed by atoms with Crippen LogP contribution in [-0.4, -0.2) is 41.9 Å². The molecule has 1 aromatic rings. The number of ether oxygens (including phenoxy) is 1. The van der Waals surface area contributed by atoms with Crippen LogP contribution in [0.3, 0.4) is 0 Å². The first kappa shape index (κ1) is 20.5. The molecule has 1 aromatic carbocycles. The smallest absolute Gasteiger partial charge is 0.325 e. The predicted molar refractivity (Wildman–Crippen MR) is 106 cm³/mol. The Labute approximate surface area is 169 Å². The van der Waals surface area contributed by atoms with Gasteiger partial charge in [-0.2, -0.15) is 0 Å². The molecule has 0 aromatic heterocycles. The first-order valence-electron chi connectivity index (χ1n) is 9.33. The number of carbonyl (C=O) groups is 3. The molecule has 2 atom stereocenters. The monoisotopic (exact) mass is 407 g/mol. The summed E-state index contributed by atoms with van der Waals surface area (Å²) in [6.07, 6.45) is 2.16. The molecule has 4 amide bonds. The number of hydrogen-bond donors (Lipinski definition) is 2. The van der Waals surface area contributed by atoms with Crippen molar-refractivity contribution in [2.24, 2.45) is 11.3 Å². The zero-order chi connectivity index (χ0) is 20.7. The fourth-order valence-electron chi connectivity index (χ4n) is 4.74. The van der Waals surface area contributed by atoms with Gasteiger partial charge in [0.2, 0.25) is 5.91 Å². The molecule has 7 nitrogen and oxygen atoms in total. The van der Waals surface area contributed by atoms with E-state index < -0.39 is 17.5 Å².